The minimum absolute atomic E-state index is 0.232. The van der Waals surface area contributed by atoms with E-state index in [0.29, 0.717) is 0 Å². The van der Waals surface area contributed by atoms with Gasteiger partial charge in [-0.25, -0.2) is 0 Å². The lowest BCUT2D eigenvalue weighted by Crippen LogP contribution is -2.48. The average Bonchev–Trinajstić information content (AvgIpc) is 3.04. The maximum Gasteiger partial charge on any atom is 0.264 e. The second-order valence-electron chi connectivity index (χ2n) is 7.53. The van der Waals surface area contributed by atoms with Crippen LogP contribution in [0.3, 0.4) is 0 Å². The van der Waals surface area contributed by atoms with Crippen molar-refractivity contribution in [3.05, 3.63) is 51.2 Å². The molecule has 1 aliphatic carbocycles. The number of rotatable bonds is 2. The molecule has 4 rings (SSSR count). The summed E-state index contributed by atoms with van der Waals surface area (Å²) in [7, 11) is 0. The van der Waals surface area contributed by atoms with Gasteiger partial charge in [-0.3, -0.25) is 4.79 Å². The Balaban J connectivity index is 1.41. The summed E-state index contributed by atoms with van der Waals surface area (Å²) in [4.78, 5) is 19.7. The number of anilines is 1. The van der Waals surface area contributed by atoms with Crippen molar-refractivity contribution in [1.29, 1.82) is 0 Å². The third-order valence-corrected chi connectivity index (χ3v) is 6.70. The zero-order chi connectivity index (χ0) is 17.4. The molecule has 2 aliphatic rings. The molecule has 132 valence electrons. The van der Waals surface area contributed by atoms with Crippen LogP contribution in [0.5, 0.6) is 0 Å². The van der Waals surface area contributed by atoms with Crippen LogP contribution in [-0.4, -0.2) is 37.0 Å². The first kappa shape index (κ1) is 16.6. The third-order valence-electron chi connectivity index (χ3n) is 5.47. The van der Waals surface area contributed by atoms with Gasteiger partial charge in [0.1, 0.15) is 0 Å². The second-order valence-corrected chi connectivity index (χ2v) is 8.66. The average molecular weight is 355 g/mol. The first-order valence-corrected chi connectivity index (χ1v) is 10.1. The fourth-order valence-electron chi connectivity index (χ4n) is 3.96. The molecule has 2 aromatic rings. The maximum absolute atomic E-state index is 12.9. The number of thiophene rings is 1. The normalized spacial score (nSPS) is 20.5. The van der Waals surface area contributed by atoms with Crippen molar-refractivity contribution < 1.29 is 4.79 Å². The summed E-state index contributed by atoms with van der Waals surface area (Å²) < 4.78 is 0. The van der Waals surface area contributed by atoms with Gasteiger partial charge < -0.3 is 9.80 Å². The fraction of sp³-hybridized carbons (Fsp3) is 0.476. The van der Waals surface area contributed by atoms with E-state index < -0.39 is 0 Å². The third kappa shape index (κ3) is 3.45. The number of nitrogens with zero attached hydrogens (tertiary/aromatic N) is 2. The predicted molar refractivity (Wildman–Crippen MR) is 105 cm³/mol. The summed E-state index contributed by atoms with van der Waals surface area (Å²) in [6.07, 6.45) is 3.55. The maximum atomic E-state index is 12.9. The van der Waals surface area contributed by atoms with Crippen LogP contribution in [0.4, 0.5) is 5.69 Å². The number of carbonyl (C=O) groups is 1. The molecule has 0 N–H and O–H groups in total. The van der Waals surface area contributed by atoms with Crippen molar-refractivity contribution in [3.8, 4) is 0 Å². The molecule has 0 saturated carbocycles. The van der Waals surface area contributed by atoms with Crippen LogP contribution in [0.2, 0.25) is 0 Å². The van der Waals surface area contributed by atoms with E-state index in [9.17, 15) is 4.79 Å². The van der Waals surface area contributed by atoms with E-state index in [1.807, 2.05) is 4.90 Å². The van der Waals surface area contributed by atoms with E-state index in [4.69, 9.17) is 0 Å². The Hall–Kier alpha value is -1.81. The minimum Gasteiger partial charge on any atom is -0.368 e. The molecule has 4 heteroatoms. The number of carbonyl (C=O) groups excluding carboxylic acids is 1. The lowest BCUT2D eigenvalue weighted by Gasteiger charge is -2.36. The van der Waals surface area contributed by atoms with Gasteiger partial charge in [0.05, 0.1) is 4.88 Å². The molecule has 3 nitrogen and oxygen atoms in total. The van der Waals surface area contributed by atoms with Crippen molar-refractivity contribution in [1.82, 2.24) is 4.90 Å². The van der Waals surface area contributed by atoms with Crippen LogP contribution in [0.1, 0.15) is 39.0 Å². The molecule has 0 radical (unpaired) electrons. The van der Waals surface area contributed by atoms with Gasteiger partial charge in [0.25, 0.3) is 5.91 Å². The van der Waals surface area contributed by atoms with Gasteiger partial charge in [0.2, 0.25) is 0 Å². The molecular weight excluding hydrogens is 328 g/mol. The van der Waals surface area contributed by atoms with Gasteiger partial charge in [0.15, 0.2) is 0 Å². The van der Waals surface area contributed by atoms with Gasteiger partial charge >= 0.3 is 0 Å². The zero-order valence-corrected chi connectivity index (χ0v) is 15.9. The number of piperazine rings is 1. The predicted octanol–water partition coefficient (Wildman–Crippen LogP) is 4.14. The molecule has 1 amide bonds. The highest BCUT2D eigenvalue weighted by molar-refractivity contribution is 7.14. The number of hydrogen-bond acceptors (Lipinski definition) is 3. The largest absolute Gasteiger partial charge is 0.368 e. The highest BCUT2D eigenvalue weighted by Gasteiger charge is 2.26. The molecule has 1 aromatic carbocycles. The fourth-order valence-corrected chi connectivity index (χ4v) is 5.14. The lowest BCUT2D eigenvalue weighted by atomic mass is 9.90. The van der Waals surface area contributed by atoms with E-state index in [1.165, 1.54) is 28.1 Å². The zero-order valence-electron chi connectivity index (χ0n) is 15.1. The van der Waals surface area contributed by atoms with Gasteiger partial charge in [-0.1, -0.05) is 19.1 Å². The van der Waals surface area contributed by atoms with Gasteiger partial charge in [-0.15, -0.1) is 11.3 Å². The van der Waals surface area contributed by atoms with E-state index in [2.05, 4.69) is 49.1 Å². The SMILES string of the molecule is Cc1cccc(N2CCN(C(=O)c3cc4c(s3)CCC(C)C4)CC2)c1. The topological polar surface area (TPSA) is 23.6 Å². The van der Waals surface area contributed by atoms with Crippen LogP contribution in [-0.2, 0) is 12.8 Å². The summed E-state index contributed by atoms with van der Waals surface area (Å²) in [6, 6.07) is 10.8. The summed E-state index contributed by atoms with van der Waals surface area (Å²) >= 11 is 1.73. The van der Waals surface area contributed by atoms with E-state index in [-0.39, 0.29) is 5.91 Å². The van der Waals surface area contributed by atoms with Crippen LogP contribution >= 0.6 is 11.3 Å². The number of amides is 1. The molecular formula is C21H26N2OS. The molecule has 25 heavy (non-hydrogen) atoms. The number of benzene rings is 1. The molecule has 2 heterocycles. The first-order valence-electron chi connectivity index (χ1n) is 9.32. The Kier molecular flexibility index (Phi) is 4.55. The summed E-state index contributed by atoms with van der Waals surface area (Å²) in [5, 5.41) is 0. The number of hydrogen-bond donors (Lipinski definition) is 0. The van der Waals surface area contributed by atoms with E-state index in [1.54, 1.807) is 11.3 Å². The Morgan fingerprint density at radius 2 is 1.96 bits per heavy atom. The molecule has 1 unspecified atom stereocenters. The standard InChI is InChI=1S/C21H26N2OS/c1-15-4-3-5-18(13-15)22-8-10-23(11-9-22)21(24)20-14-17-12-16(2)6-7-19(17)25-20/h3-5,13-14,16H,6-12H2,1-2H3. The molecule has 1 atom stereocenters. The lowest BCUT2D eigenvalue weighted by molar-refractivity contribution is 0.0751. The van der Waals surface area contributed by atoms with Crippen LogP contribution < -0.4 is 4.90 Å². The van der Waals surface area contributed by atoms with Crippen molar-refractivity contribution in [2.45, 2.75) is 33.1 Å². The highest BCUT2D eigenvalue weighted by Crippen LogP contribution is 2.33. The van der Waals surface area contributed by atoms with E-state index in [0.717, 1.165) is 49.8 Å². The van der Waals surface area contributed by atoms with Gasteiger partial charge in [-0.2, -0.15) is 0 Å². The molecule has 1 saturated heterocycles. The Bertz CT molecular complexity index is 774. The first-order chi connectivity index (χ1) is 12.1. The van der Waals surface area contributed by atoms with Crippen molar-refractivity contribution in [2.75, 3.05) is 31.1 Å². The minimum atomic E-state index is 0.232. The molecule has 1 aliphatic heterocycles. The molecule has 0 bridgehead atoms. The monoisotopic (exact) mass is 354 g/mol. The van der Waals surface area contributed by atoms with Crippen molar-refractivity contribution >= 4 is 22.9 Å². The van der Waals surface area contributed by atoms with Crippen LogP contribution in [0, 0.1) is 12.8 Å². The van der Waals surface area contributed by atoms with Crippen LogP contribution in [0.25, 0.3) is 0 Å². The van der Waals surface area contributed by atoms with Gasteiger partial charge in [0, 0.05) is 36.7 Å². The van der Waals surface area contributed by atoms with Gasteiger partial charge in [-0.05, 0) is 61.4 Å². The Morgan fingerprint density at radius 3 is 2.72 bits per heavy atom. The Labute approximate surface area is 154 Å². The number of aryl methyl sites for hydroxylation is 2. The summed E-state index contributed by atoms with van der Waals surface area (Å²) in [5.41, 5.74) is 3.98. The van der Waals surface area contributed by atoms with Crippen molar-refractivity contribution in [2.24, 2.45) is 5.92 Å². The summed E-state index contributed by atoms with van der Waals surface area (Å²) in [6.45, 7) is 7.89. The van der Waals surface area contributed by atoms with Crippen molar-refractivity contribution in [3.63, 3.8) is 0 Å². The molecule has 1 aromatic heterocycles. The Morgan fingerprint density at radius 1 is 1.16 bits per heavy atom. The van der Waals surface area contributed by atoms with Crippen LogP contribution in [0.15, 0.2) is 30.3 Å². The molecule has 0 spiro atoms. The van der Waals surface area contributed by atoms with E-state index >= 15 is 0 Å². The smallest absolute Gasteiger partial charge is 0.264 e. The number of fused-ring (bicyclic) bond motifs is 1. The highest BCUT2D eigenvalue weighted by atomic mass is 32.1. The second kappa shape index (κ2) is 6.83. The quantitative estimate of drug-likeness (QED) is 0.809. The summed E-state index contributed by atoms with van der Waals surface area (Å²) in [5.74, 6) is 0.985. The molecule has 1 fully saturated rings.